The Bertz CT molecular complexity index is 123. The van der Waals surface area contributed by atoms with Crippen molar-refractivity contribution in [2.45, 2.75) is 40.0 Å². The van der Waals surface area contributed by atoms with Crippen molar-refractivity contribution in [3.8, 4) is 0 Å². The Kier molecular flexibility index (Phi) is 7.06. The third-order valence-electron chi connectivity index (χ3n) is 1.99. The van der Waals surface area contributed by atoms with Gasteiger partial charge in [0, 0.05) is 6.42 Å². The molecule has 0 bridgehead atoms. The third-order valence-corrected chi connectivity index (χ3v) is 1.99. The van der Waals surface area contributed by atoms with E-state index >= 15 is 0 Å². The summed E-state index contributed by atoms with van der Waals surface area (Å²) in [6, 6.07) is 0. The van der Waals surface area contributed by atoms with Crippen LogP contribution in [0, 0.1) is 0 Å². The smallest absolute Gasteiger partial charge is 0.129 e. The van der Waals surface area contributed by atoms with E-state index in [4.69, 9.17) is 0 Å². The van der Waals surface area contributed by atoms with Gasteiger partial charge in [-0.25, -0.2) is 0 Å². The SMILES string of the molecule is CCCN(CC)CCCC(C)=O. The van der Waals surface area contributed by atoms with E-state index in [9.17, 15) is 4.79 Å². The Hall–Kier alpha value is -0.370. The minimum atomic E-state index is 0.308. The second-order valence-electron chi connectivity index (χ2n) is 3.24. The molecule has 0 atom stereocenters. The lowest BCUT2D eigenvalue weighted by atomic mass is 10.2. The van der Waals surface area contributed by atoms with Gasteiger partial charge < -0.3 is 9.69 Å². The summed E-state index contributed by atoms with van der Waals surface area (Å²) < 4.78 is 0. The lowest BCUT2D eigenvalue weighted by molar-refractivity contribution is -0.117. The summed E-state index contributed by atoms with van der Waals surface area (Å²) in [4.78, 5) is 13.0. The average Bonchev–Trinajstić information content (AvgIpc) is 2.02. The lowest BCUT2D eigenvalue weighted by Gasteiger charge is -2.18. The van der Waals surface area contributed by atoms with Crippen LogP contribution in [-0.4, -0.2) is 30.3 Å². The molecule has 0 aromatic heterocycles. The van der Waals surface area contributed by atoms with Gasteiger partial charge in [0.1, 0.15) is 5.78 Å². The summed E-state index contributed by atoms with van der Waals surface area (Å²) in [6.07, 6.45) is 2.96. The zero-order valence-corrected chi connectivity index (χ0v) is 8.60. The second-order valence-corrected chi connectivity index (χ2v) is 3.24. The van der Waals surface area contributed by atoms with Crippen LogP contribution < -0.4 is 0 Å². The maximum Gasteiger partial charge on any atom is 0.129 e. The number of hydrogen-bond acceptors (Lipinski definition) is 2. The molecule has 12 heavy (non-hydrogen) atoms. The molecule has 2 nitrogen and oxygen atoms in total. The van der Waals surface area contributed by atoms with E-state index in [-0.39, 0.29) is 0 Å². The Morgan fingerprint density at radius 1 is 1.25 bits per heavy atom. The topological polar surface area (TPSA) is 20.3 Å². The molecule has 0 amide bonds. The van der Waals surface area contributed by atoms with Crippen LogP contribution in [0.15, 0.2) is 0 Å². The third kappa shape index (κ3) is 6.35. The van der Waals surface area contributed by atoms with Crippen molar-refractivity contribution < 1.29 is 4.79 Å². The molecule has 0 saturated carbocycles. The maximum absolute atomic E-state index is 10.7. The Morgan fingerprint density at radius 3 is 2.33 bits per heavy atom. The van der Waals surface area contributed by atoms with Gasteiger partial charge in [-0.15, -0.1) is 0 Å². The van der Waals surface area contributed by atoms with Crippen LogP contribution in [0.3, 0.4) is 0 Å². The van der Waals surface area contributed by atoms with Gasteiger partial charge in [-0.05, 0) is 39.4 Å². The molecule has 0 N–H and O–H groups in total. The standard InChI is InChI=1S/C10H21NO/c1-4-8-11(5-2)9-6-7-10(3)12/h4-9H2,1-3H3. The lowest BCUT2D eigenvalue weighted by Crippen LogP contribution is -2.25. The fourth-order valence-corrected chi connectivity index (χ4v) is 1.30. The van der Waals surface area contributed by atoms with Gasteiger partial charge in [-0.1, -0.05) is 13.8 Å². The minimum absolute atomic E-state index is 0.308. The molecule has 0 aliphatic heterocycles. The van der Waals surface area contributed by atoms with Gasteiger partial charge in [-0.3, -0.25) is 0 Å². The predicted octanol–water partition coefficient (Wildman–Crippen LogP) is 2.09. The van der Waals surface area contributed by atoms with Crippen LogP contribution in [-0.2, 0) is 4.79 Å². The van der Waals surface area contributed by atoms with Gasteiger partial charge in [0.15, 0.2) is 0 Å². The number of hydrogen-bond donors (Lipinski definition) is 0. The van der Waals surface area contributed by atoms with Crippen molar-refractivity contribution in [3.05, 3.63) is 0 Å². The molecule has 0 heterocycles. The monoisotopic (exact) mass is 171 g/mol. The molecule has 0 fully saturated rings. The largest absolute Gasteiger partial charge is 0.304 e. The van der Waals surface area contributed by atoms with Crippen molar-refractivity contribution in [1.82, 2.24) is 4.90 Å². The van der Waals surface area contributed by atoms with Crippen molar-refractivity contribution in [1.29, 1.82) is 0 Å². The van der Waals surface area contributed by atoms with Gasteiger partial charge in [0.2, 0.25) is 0 Å². The quantitative estimate of drug-likeness (QED) is 0.584. The van der Waals surface area contributed by atoms with Crippen LogP contribution in [0.4, 0.5) is 0 Å². The molecular formula is C10H21NO. The van der Waals surface area contributed by atoms with E-state index in [0.717, 1.165) is 32.5 Å². The maximum atomic E-state index is 10.7. The van der Waals surface area contributed by atoms with E-state index in [0.29, 0.717) is 5.78 Å². The number of carbonyl (C=O) groups excluding carboxylic acids is 1. The Morgan fingerprint density at radius 2 is 1.92 bits per heavy atom. The first-order valence-electron chi connectivity index (χ1n) is 4.92. The van der Waals surface area contributed by atoms with Crippen molar-refractivity contribution >= 4 is 5.78 Å². The van der Waals surface area contributed by atoms with E-state index in [1.54, 1.807) is 6.92 Å². The van der Waals surface area contributed by atoms with Crippen LogP contribution in [0.5, 0.6) is 0 Å². The molecule has 72 valence electrons. The Labute approximate surface area is 75.9 Å². The van der Waals surface area contributed by atoms with Crippen molar-refractivity contribution in [3.63, 3.8) is 0 Å². The van der Waals surface area contributed by atoms with Crippen LogP contribution in [0.25, 0.3) is 0 Å². The molecule has 0 radical (unpaired) electrons. The van der Waals surface area contributed by atoms with E-state index in [2.05, 4.69) is 18.7 Å². The number of ketones is 1. The highest BCUT2D eigenvalue weighted by Gasteiger charge is 2.00. The van der Waals surface area contributed by atoms with E-state index in [1.807, 2.05) is 0 Å². The highest BCUT2D eigenvalue weighted by molar-refractivity contribution is 5.75. The molecule has 0 aromatic rings. The zero-order valence-electron chi connectivity index (χ0n) is 8.60. The average molecular weight is 171 g/mol. The van der Waals surface area contributed by atoms with Gasteiger partial charge >= 0.3 is 0 Å². The molecule has 0 rings (SSSR count). The normalized spacial score (nSPS) is 10.7. The number of rotatable bonds is 7. The summed E-state index contributed by atoms with van der Waals surface area (Å²) in [5, 5.41) is 0. The second kappa shape index (κ2) is 7.29. The first-order valence-corrected chi connectivity index (χ1v) is 4.92. The molecule has 0 aliphatic carbocycles. The molecule has 0 aliphatic rings. The van der Waals surface area contributed by atoms with Crippen LogP contribution in [0.2, 0.25) is 0 Å². The van der Waals surface area contributed by atoms with Crippen LogP contribution >= 0.6 is 0 Å². The van der Waals surface area contributed by atoms with E-state index < -0.39 is 0 Å². The number of nitrogens with zero attached hydrogens (tertiary/aromatic N) is 1. The minimum Gasteiger partial charge on any atom is -0.304 e. The molecule has 0 spiro atoms. The predicted molar refractivity (Wildman–Crippen MR) is 52.3 cm³/mol. The number of carbonyl (C=O) groups is 1. The van der Waals surface area contributed by atoms with Gasteiger partial charge in [0.05, 0.1) is 0 Å². The highest BCUT2D eigenvalue weighted by atomic mass is 16.1. The molecule has 0 aromatic carbocycles. The number of Topliss-reactive ketones (excluding diaryl/α,β-unsaturated/α-hetero) is 1. The summed E-state index contributed by atoms with van der Waals surface area (Å²) >= 11 is 0. The summed E-state index contributed by atoms with van der Waals surface area (Å²) in [7, 11) is 0. The first-order chi connectivity index (χ1) is 5.70. The van der Waals surface area contributed by atoms with Crippen LogP contribution in [0.1, 0.15) is 40.0 Å². The van der Waals surface area contributed by atoms with E-state index in [1.165, 1.54) is 6.42 Å². The molecular weight excluding hydrogens is 150 g/mol. The fourth-order valence-electron chi connectivity index (χ4n) is 1.30. The molecule has 0 saturated heterocycles. The molecule has 2 heteroatoms. The van der Waals surface area contributed by atoms with Crippen molar-refractivity contribution in [2.24, 2.45) is 0 Å². The first kappa shape index (κ1) is 11.6. The summed E-state index contributed by atoms with van der Waals surface area (Å²) in [6.45, 7) is 9.36. The summed E-state index contributed by atoms with van der Waals surface area (Å²) in [5.41, 5.74) is 0. The summed E-state index contributed by atoms with van der Waals surface area (Å²) in [5.74, 6) is 0.308. The highest BCUT2D eigenvalue weighted by Crippen LogP contribution is 1.97. The fraction of sp³-hybridized carbons (Fsp3) is 0.900. The zero-order chi connectivity index (χ0) is 9.40. The van der Waals surface area contributed by atoms with Gasteiger partial charge in [0.25, 0.3) is 0 Å². The molecule has 0 unspecified atom stereocenters. The Balaban J connectivity index is 3.37. The van der Waals surface area contributed by atoms with Crippen molar-refractivity contribution in [2.75, 3.05) is 19.6 Å². The van der Waals surface area contributed by atoms with Gasteiger partial charge in [-0.2, -0.15) is 0 Å².